The lowest BCUT2D eigenvalue weighted by Crippen LogP contribution is -2.36. The summed E-state index contributed by atoms with van der Waals surface area (Å²) in [5.41, 5.74) is 4.17. The Kier molecular flexibility index (Phi) is 5.72. The number of para-hydroxylation sites is 3. The van der Waals surface area contributed by atoms with E-state index in [1.807, 2.05) is 54.6 Å². The number of morpholine rings is 1. The highest BCUT2D eigenvalue weighted by Gasteiger charge is 2.17. The van der Waals surface area contributed by atoms with Crippen LogP contribution in [-0.2, 0) is 4.74 Å². The molecule has 29 heavy (non-hydrogen) atoms. The third-order valence-corrected chi connectivity index (χ3v) is 4.96. The average molecular weight is 388 g/mol. The Hall–Kier alpha value is -3.38. The number of carbonyl (C=O) groups excluding carboxylic acids is 1. The number of rotatable bonds is 5. The number of hydrogen-bond acceptors (Lipinski definition) is 5. The van der Waals surface area contributed by atoms with Gasteiger partial charge in [-0.05, 0) is 36.4 Å². The van der Waals surface area contributed by atoms with Crippen molar-refractivity contribution in [2.45, 2.75) is 0 Å². The molecule has 4 rings (SSSR count). The largest absolute Gasteiger partial charge is 0.378 e. The number of ether oxygens (including phenoxy) is 1. The Morgan fingerprint density at radius 3 is 2.55 bits per heavy atom. The van der Waals surface area contributed by atoms with Crippen LogP contribution in [0, 0.1) is 0 Å². The number of nitrogens with one attached hydrogen (secondary N) is 1. The highest BCUT2D eigenvalue weighted by Crippen LogP contribution is 2.29. The monoisotopic (exact) mass is 388 g/mol. The molecule has 1 saturated heterocycles. The van der Waals surface area contributed by atoms with E-state index in [1.165, 1.54) is 0 Å². The van der Waals surface area contributed by atoms with Crippen molar-refractivity contribution in [3.05, 3.63) is 78.6 Å². The molecule has 0 atom stereocenters. The Morgan fingerprint density at radius 1 is 1.03 bits per heavy atom. The smallest absolute Gasteiger partial charge is 0.276 e. The van der Waals surface area contributed by atoms with Gasteiger partial charge in [0.1, 0.15) is 5.69 Å². The fourth-order valence-electron chi connectivity index (χ4n) is 3.38. The van der Waals surface area contributed by atoms with E-state index in [0.29, 0.717) is 5.69 Å². The van der Waals surface area contributed by atoms with Gasteiger partial charge in [-0.3, -0.25) is 9.78 Å². The van der Waals surface area contributed by atoms with Crippen LogP contribution in [0.2, 0.25) is 0 Å². The first-order chi connectivity index (χ1) is 14.2. The molecule has 1 amide bonds. The Balaban J connectivity index is 1.55. The van der Waals surface area contributed by atoms with Gasteiger partial charge in [-0.15, -0.1) is 0 Å². The summed E-state index contributed by atoms with van der Waals surface area (Å²) in [6, 6.07) is 21.4. The van der Waals surface area contributed by atoms with Gasteiger partial charge in [0.2, 0.25) is 0 Å². The molecular formula is C23H24N4O2. The summed E-state index contributed by atoms with van der Waals surface area (Å²) in [6.07, 6.45) is 1.66. The van der Waals surface area contributed by atoms with Crippen molar-refractivity contribution in [1.82, 2.24) is 4.98 Å². The maximum absolute atomic E-state index is 12.9. The van der Waals surface area contributed by atoms with Gasteiger partial charge in [0.15, 0.2) is 0 Å². The van der Waals surface area contributed by atoms with Gasteiger partial charge in [0, 0.05) is 37.7 Å². The second-order valence-corrected chi connectivity index (χ2v) is 6.87. The molecule has 6 nitrogen and oxygen atoms in total. The molecule has 1 N–H and O–H groups in total. The van der Waals surface area contributed by atoms with E-state index in [-0.39, 0.29) is 5.91 Å². The van der Waals surface area contributed by atoms with Gasteiger partial charge < -0.3 is 19.9 Å². The average Bonchev–Trinajstić information content (AvgIpc) is 2.80. The molecule has 0 bridgehead atoms. The van der Waals surface area contributed by atoms with Crippen LogP contribution in [0.4, 0.5) is 22.7 Å². The van der Waals surface area contributed by atoms with Crippen LogP contribution in [0.5, 0.6) is 0 Å². The Bertz CT molecular complexity index is 971. The van der Waals surface area contributed by atoms with Gasteiger partial charge in [0.05, 0.1) is 24.6 Å². The molecule has 2 heterocycles. The van der Waals surface area contributed by atoms with Gasteiger partial charge in [-0.2, -0.15) is 0 Å². The van der Waals surface area contributed by atoms with Crippen LogP contribution in [0.3, 0.4) is 0 Å². The highest BCUT2D eigenvalue weighted by molar-refractivity contribution is 6.04. The van der Waals surface area contributed by atoms with Crippen molar-refractivity contribution in [2.24, 2.45) is 0 Å². The van der Waals surface area contributed by atoms with E-state index in [1.54, 1.807) is 24.2 Å². The molecule has 1 aliphatic rings. The van der Waals surface area contributed by atoms with E-state index in [0.717, 1.165) is 49.1 Å². The number of carbonyl (C=O) groups is 1. The van der Waals surface area contributed by atoms with Gasteiger partial charge in [-0.25, -0.2) is 0 Å². The summed E-state index contributed by atoms with van der Waals surface area (Å²) in [5, 5.41) is 3.45. The van der Waals surface area contributed by atoms with Crippen molar-refractivity contribution >= 4 is 28.7 Å². The summed E-state index contributed by atoms with van der Waals surface area (Å²) < 4.78 is 5.47. The van der Waals surface area contributed by atoms with Crippen LogP contribution in [-0.4, -0.2) is 44.2 Å². The number of pyridine rings is 1. The van der Waals surface area contributed by atoms with Crippen LogP contribution in [0.25, 0.3) is 0 Å². The van der Waals surface area contributed by atoms with E-state index < -0.39 is 0 Å². The first-order valence-corrected chi connectivity index (χ1v) is 9.70. The standard InChI is InChI=1S/C23H24N4O2/c1-26(19-7-3-2-4-8-19)23(28)21-17-18(11-12-24-21)25-20-9-5-6-10-22(20)27-13-15-29-16-14-27/h2-12,17H,13-16H2,1H3,(H,24,25). The third-order valence-electron chi connectivity index (χ3n) is 4.96. The summed E-state index contributed by atoms with van der Waals surface area (Å²) in [7, 11) is 1.76. The summed E-state index contributed by atoms with van der Waals surface area (Å²) in [5.74, 6) is -0.152. The van der Waals surface area contributed by atoms with Crippen LogP contribution in [0.1, 0.15) is 10.5 Å². The van der Waals surface area contributed by atoms with Gasteiger partial charge in [-0.1, -0.05) is 30.3 Å². The molecule has 0 unspecified atom stereocenters. The summed E-state index contributed by atoms with van der Waals surface area (Å²) >= 11 is 0. The molecule has 0 radical (unpaired) electrons. The molecule has 6 heteroatoms. The minimum absolute atomic E-state index is 0.152. The zero-order valence-corrected chi connectivity index (χ0v) is 16.4. The maximum atomic E-state index is 12.9. The van der Waals surface area contributed by atoms with Crippen molar-refractivity contribution in [3.8, 4) is 0 Å². The Labute approximate surface area is 170 Å². The van der Waals surface area contributed by atoms with Crippen molar-refractivity contribution in [2.75, 3.05) is 48.5 Å². The van der Waals surface area contributed by atoms with Crippen LogP contribution in [0.15, 0.2) is 72.9 Å². The number of aromatic nitrogens is 1. The normalized spacial score (nSPS) is 13.8. The van der Waals surface area contributed by atoms with E-state index in [2.05, 4.69) is 21.3 Å². The van der Waals surface area contributed by atoms with Gasteiger partial charge in [0.25, 0.3) is 5.91 Å². The predicted molar refractivity (Wildman–Crippen MR) is 116 cm³/mol. The lowest BCUT2D eigenvalue weighted by molar-refractivity contribution is 0.0988. The molecular weight excluding hydrogens is 364 g/mol. The lowest BCUT2D eigenvalue weighted by atomic mass is 10.2. The van der Waals surface area contributed by atoms with Gasteiger partial charge >= 0.3 is 0 Å². The van der Waals surface area contributed by atoms with E-state index >= 15 is 0 Å². The summed E-state index contributed by atoms with van der Waals surface area (Å²) in [4.78, 5) is 21.1. The second-order valence-electron chi connectivity index (χ2n) is 6.87. The fourth-order valence-corrected chi connectivity index (χ4v) is 3.38. The minimum Gasteiger partial charge on any atom is -0.378 e. The van der Waals surface area contributed by atoms with Crippen molar-refractivity contribution in [1.29, 1.82) is 0 Å². The van der Waals surface area contributed by atoms with Crippen LogP contribution < -0.4 is 15.1 Å². The first kappa shape index (κ1) is 19.0. The molecule has 1 aromatic heterocycles. The van der Waals surface area contributed by atoms with E-state index in [9.17, 15) is 4.79 Å². The first-order valence-electron chi connectivity index (χ1n) is 9.70. The summed E-state index contributed by atoms with van der Waals surface area (Å²) in [6.45, 7) is 3.18. The zero-order chi connectivity index (χ0) is 20.1. The van der Waals surface area contributed by atoms with Crippen molar-refractivity contribution < 1.29 is 9.53 Å². The van der Waals surface area contributed by atoms with E-state index in [4.69, 9.17) is 4.74 Å². The number of amides is 1. The number of benzene rings is 2. The Morgan fingerprint density at radius 2 is 1.76 bits per heavy atom. The minimum atomic E-state index is -0.152. The quantitative estimate of drug-likeness (QED) is 0.718. The topological polar surface area (TPSA) is 57.7 Å². The van der Waals surface area contributed by atoms with Crippen molar-refractivity contribution in [3.63, 3.8) is 0 Å². The maximum Gasteiger partial charge on any atom is 0.276 e. The molecule has 0 spiro atoms. The SMILES string of the molecule is CN(C(=O)c1cc(Nc2ccccc2N2CCOCC2)ccn1)c1ccccc1. The lowest BCUT2D eigenvalue weighted by Gasteiger charge is -2.30. The molecule has 148 valence electrons. The number of nitrogens with zero attached hydrogens (tertiary/aromatic N) is 3. The zero-order valence-electron chi connectivity index (χ0n) is 16.4. The fraction of sp³-hybridized carbons (Fsp3) is 0.217. The second kappa shape index (κ2) is 8.75. The molecule has 2 aromatic carbocycles. The highest BCUT2D eigenvalue weighted by atomic mass is 16.5. The third kappa shape index (κ3) is 4.38. The molecule has 0 saturated carbocycles. The molecule has 0 aliphatic carbocycles. The number of hydrogen-bond donors (Lipinski definition) is 1. The van der Waals surface area contributed by atoms with Crippen LogP contribution >= 0.6 is 0 Å². The predicted octanol–water partition coefficient (Wildman–Crippen LogP) is 3.94. The molecule has 1 fully saturated rings. The number of anilines is 4. The molecule has 3 aromatic rings. The molecule has 1 aliphatic heterocycles.